The number of nitrogens with one attached hydrogen (secondary N) is 2. The number of thiazole rings is 1. The molecule has 3 aromatic heterocycles. The maximum Gasteiger partial charge on any atom is 0.266 e. The van der Waals surface area contributed by atoms with Crippen LogP contribution in [0.15, 0.2) is 34.6 Å². The zero-order valence-electron chi connectivity index (χ0n) is 15.7. The Morgan fingerprint density at radius 1 is 1.21 bits per heavy atom. The highest BCUT2D eigenvalue weighted by atomic mass is 32.1. The van der Waals surface area contributed by atoms with E-state index in [1.54, 1.807) is 12.3 Å². The van der Waals surface area contributed by atoms with E-state index in [1.807, 2.05) is 25.3 Å². The van der Waals surface area contributed by atoms with E-state index < -0.39 is 0 Å². The molecule has 10 heteroatoms. The fourth-order valence-electron chi connectivity index (χ4n) is 2.56. The molecule has 1 amide bonds. The quantitative estimate of drug-likeness (QED) is 0.553. The predicted molar refractivity (Wildman–Crippen MR) is 107 cm³/mol. The lowest BCUT2D eigenvalue weighted by Crippen LogP contribution is -2.28. The van der Waals surface area contributed by atoms with Gasteiger partial charge in [0.05, 0.1) is 12.1 Å². The van der Waals surface area contributed by atoms with Crippen molar-refractivity contribution in [2.75, 3.05) is 11.9 Å². The van der Waals surface area contributed by atoms with Crippen LogP contribution in [0.5, 0.6) is 0 Å². The second-order valence-electron chi connectivity index (χ2n) is 6.21. The van der Waals surface area contributed by atoms with Crippen molar-refractivity contribution in [3.05, 3.63) is 57.2 Å². The molecule has 28 heavy (non-hydrogen) atoms. The molecule has 146 valence electrons. The number of hydrogen-bond acceptors (Lipinski definition) is 8. The van der Waals surface area contributed by atoms with E-state index in [9.17, 15) is 9.59 Å². The molecule has 0 bridgehead atoms. The molecule has 0 aliphatic heterocycles. The van der Waals surface area contributed by atoms with E-state index in [0.717, 1.165) is 11.4 Å². The lowest BCUT2D eigenvalue weighted by molar-refractivity contribution is -0.120. The largest absolute Gasteiger partial charge is 0.356 e. The normalized spacial score (nSPS) is 10.6. The standard InChI is InChI=1S/C18H21N7O2S/c1-12-9-13(2)22-17(21-12)24-18-23-14(11-28-18)10-15(26)19-6-4-8-25-16(27)5-3-7-20-25/h3,5,7,9,11H,4,6,8,10H2,1-2H3,(H,19,26)(H,21,22,23,24). The molecule has 0 saturated carbocycles. The van der Waals surface area contributed by atoms with Gasteiger partial charge in [0.15, 0.2) is 5.13 Å². The summed E-state index contributed by atoms with van der Waals surface area (Å²) >= 11 is 1.40. The van der Waals surface area contributed by atoms with Crippen LogP contribution in [-0.2, 0) is 17.8 Å². The van der Waals surface area contributed by atoms with Crippen molar-refractivity contribution in [3.8, 4) is 0 Å². The van der Waals surface area contributed by atoms with Gasteiger partial charge in [-0.05, 0) is 32.4 Å². The second kappa shape index (κ2) is 9.18. The average Bonchev–Trinajstić information content (AvgIpc) is 3.06. The first-order valence-electron chi connectivity index (χ1n) is 8.82. The first-order chi connectivity index (χ1) is 13.5. The van der Waals surface area contributed by atoms with Gasteiger partial charge in [-0.3, -0.25) is 9.59 Å². The molecule has 0 spiro atoms. The molecule has 0 aliphatic rings. The third kappa shape index (κ3) is 5.68. The van der Waals surface area contributed by atoms with Crippen molar-refractivity contribution in [1.29, 1.82) is 0 Å². The number of nitrogens with zero attached hydrogens (tertiary/aromatic N) is 5. The van der Waals surface area contributed by atoms with Gasteiger partial charge in [-0.25, -0.2) is 19.6 Å². The van der Waals surface area contributed by atoms with Gasteiger partial charge in [0.2, 0.25) is 11.9 Å². The lowest BCUT2D eigenvalue weighted by Gasteiger charge is -2.05. The van der Waals surface area contributed by atoms with Gasteiger partial charge in [0, 0.05) is 42.1 Å². The van der Waals surface area contributed by atoms with Gasteiger partial charge >= 0.3 is 0 Å². The minimum atomic E-state index is -0.149. The van der Waals surface area contributed by atoms with E-state index in [-0.39, 0.29) is 17.9 Å². The van der Waals surface area contributed by atoms with Crippen molar-refractivity contribution >= 4 is 28.3 Å². The summed E-state index contributed by atoms with van der Waals surface area (Å²) < 4.78 is 1.37. The number of anilines is 2. The van der Waals surface area contributed by atoms with E-state index in [0.29, 0.717) is 36.3 Å². The molecule has 0 saturated heterocycles. The molecule has 0 atom stereocenters. The zero-order chi connectivity index (χ0) is 19.9. The van der Waals surface area contributed by atoms with E-state index >= 15 is 0 Å². The Kier molecular flexibility index (Phi) is 6.43. The van der Waals surface area contributed by atoms with Gasteiger partial charge in [-0.2, -0.15) is 5.10 Å². The number of carbonyl (C=O) groups is 1. The summed E-state index contributed by atoms with van der Waals surface area (Å²) in [5, 5.41) is 12.4. The maximum atomic E-state index is 12.1. The third-order valence-electron chi connectivity index (χ3n) is 3.75. The van der Waals surface area contributed by atoms with Crippen LogP contribution in [-0.4, -0.2) is 37.2 Å². The topological polar surface area (TPSA) is 115 Å². The summed E-state index contributed by atoms with van der Waals surface area (Å²) in [6.07, 6.45) is 2.38. The molecule has 3 heterocycles. The molecule has 0 fully saturated rings. The smallest absolute Gasteiger partial charge is 0.266 e. The third-order valence-corrected chi connectivity index (χ3v) is 4.56. The zero-order valence-corrected chi connectivity index (χ0v) is 16.5. The minimum Gasteiger partial charge on any atom is -0.356 e. The van der Waals surface area contributed by atoms with Gasteiger partial charge < -0.3 is 10.6 Å². The number of aryl methyl sites for hydroxylation is 3. The van der Waals surface area contributed by atoms with Crippen molar-refractivity contribution in [2.24, 2.45) is 0 Å². The van der Waals surface area contributed by atoms with E-state index in [2.05, 4.69) is 30.7 Å². The average molecular weight is 399 g/mol. The number of rotatable bonds is 8. The van der Waals surface area contributed by atoms with Crippen LogP contribution in [0, 0.1) is 13.8 Å². The summed E-state index contributed by atoms with van der Waals surface area (Å²) in [6, 6.07) is 4.96. The van der Waals surface area contributed by atoms with Crippen LogP contribution in [0.1, 0.15) is 23.5 Å². The van der Waals surface area contributed by atoms with Gasteiger partial charge in [-0.1, -0.05) is 0 Å². The first-order valence-corrected chi connectivity index (χ1v) is 9.70. The fourth-order valence-corrected chi connectivity index (χ4v) is 3.27. The highest BCUT2D eigenvalue weighted by Gasteiger charge is 2.09. The predicted octanol–water partition coefficient (Wildman–Crippen LogP) is 1.60. The Balaban J connectivity index is 1.44. The summed E-state index contributed by atoms with van der Waals surface area (Å²) in [5.74, 6) is 0.375. The Labute approximate surface area is 165 Å². The van der Waals surface area contributed by atoms with Gasteiger partial charge in [0.25, 0.3) is 5.56 Å². The summed E-state index contributed by atoms with van der Waals surface area (Å²) in [5.41, 5.74) is 2.28. The molecule has 2 N–H and O–H groups in total. The first kappa shape index (κ1) is 19.6. The lowest BCUT2D eigenvalue weighted by atomic mass is 10.3. The summed E-state index contributed by atoms with van der Waals surface area (Å²) in [4.78, 5) is 36.7. The maximum absolute atomic E-state index is 12.1. The molecular formula is C18H21N7O2S. The second-order valence-corrected chi connectivity index (χ2v) is 7.07. The highest BCUT2D eigenvalue weighted by molar-refractivity contribution is 7.13. The highest BCUT2D eigenvalue weighted by Crippen LogP contribution is 2.19. The van der Waals surface area contributed by atoms with Gasteiger partial charge in [-0.15, -0.1) is 11.3 Å². The summed E-state index contributed by atoms with van der Waals surface area (Å²) in [6.45, 7) is 4.73. The van der Waals surface area contributed by atoms with Crippen LogP contribution in [0.3, 0.4) is 0 Å². The monoisotopic (exact) mass is 399 g/mol. The molecule has 3 rings (SSSR count). The summed E-state index contributed by atoms with van der Waals surface area (Å²) in [7, 11) is 0. The number of carbonyl (C=O) groups excluding carboxylic acids is 1. The number of hydrogen-bond donors (Lipinski definition) is 2. The van der Waals surface area contributed by atoms with Crippen LogP contribution >= 0.6 is 11.3 Å². The fraction of sp³-hybridized carbons (Fsp3) is 0.333. The Morgan fingerprint density at radius 3 is 2.75 bits per heavy atom. The van der Waals surface area contributed by atoms with E-state index in [4.69, 9.17) is 0 Å². The molecule has 0 radical (unpaired) electrons. The van der Waals surface area contributed by atoms with Crippen LogP contribution < -0.4 is 16.2 Å². The van der Waals surface area contributed by atoms with Crippen LogP contribution in [0.2, 0.25) is 0 Å². The van der Waals surface area contributed by atoms with E-state index in [1.165, 1.54) is 22.1 Å². The molecule has 3 aromatic rings. The van der Waals surface area contributed by atoms with Crippen molar-refractivity contribution in [3.63, 3.8) is 0 Å². The molecule has 0 aliphatic carbocycles. The SMILES string of the molecule is Cc1cc(C)nc(Nc2nc(CC(=O)NCCCn3ncccc3=O)cs2)n1. The van der Waals surface area contributed by atoms with Crippen molar-refractivity contribution < 1.29 is 4.79 Å². The van der Waals surface area contributed by atoms with Gasteiger partial charge in [0.1, 0.15) is 0 Å². The Bertz CT molecular complexity index is 995. The van der Waals surface area contributed by atoms with Crippen molar-refractivity contribution in [1.82, 2.24) is 30.0 Å². The Morgan fingerprint density at radius 2 is 2.00 bits per heavy atom. The van der Waals surface area contributed by atoms with Crippen molar-refractivity contribution in [2.45, 2.75) is 33.2 Å². The number of aromatic nitrogens is 5. The molecule has 0 unspecified atom stereocenters. The minimum absolute atomic E-state index is 0.118. The molecule has 9 nitrogen and oxygen atoms in total. The van der Waals surface area contributed by atoms with Crippen LogP contribution in [0.25, 0.3) is 0 Å². The van der Waals surface area contributed by atoms with Crippen LogP contribution in [0.4, 0.5) is 11.1 Å². The molecular weight excluding hydrogens is 378 g/mol. The molecule has 0 aromatic carbocycles. The Hall–Kier alpha value is -3.14. The number of amides is 1.